The van der Waals surface area contributed by atoms with Crippen molar-refractivity contribution in [3.8, 4) is 11.4 Å². The molecule has 134 valence electrons. The van der Waals surface area contributed by atoms with Gasteiger partial charge in [-0.1, -0.05) is 37.3 Å². The van der Waals surface area contributed by atoms with Gasteiger partial charge in [-0.15, -0.1) is 10.2 Å². The van der Waals surface area contributed by atoms with Gasteiger partial charge in [-0.3, -0.25) is 4.79 Å². The van der Waals surface area contributed by atoms with E-state index in [9.17, 15) is 13.2 Å². The van der Waals surface area contributed by atoms with E-state index in [2.05, 4.69) is 15.4 Å². The maximum atomic E-state index is 12.6. The number of nitrogens with zero attached hydrogens (tertiary/aromatic N) is 5. The zero-order valence-electron chi connectivity index (χ0n) is 14.1. The Morgan fingerprint density at radius 2 is 2.08 bits per heavy atom. The molecule has 0 bridgehead atoms. The molecule has 1 amide bonds. The fourth-order valence-electron chi connectivity index (χ4n) is 3.00. The highest BCUT2D eigenvalue weighted by molar-refractivity contribution is 7.91. The number of carbonyl (C=O) groups excluding carboxylic acids is 1. The second kappa shape index (κ2) is 7.30. The van der Waals surface area contributed by atoms with Crippen molar-refractivity contribution in [1.82, 2.24) is 25.1 Å². The Hall–Kier alpha value is -2.29. The van der Waals surface area contributed by atoms with E-state index in [-0.39, 0.29) is 30.0 Å². The minimum absolute atomic E-state index is 0.0405. The molecule has 1 aromatic carbocycles. The number of amides is 1. The highest BCUT2D eigenvalue weighted by Gasteiger charge is 2.34. The number of benzene rings is 1. The van der Waals surface area contributed by atoms with Crippen LogP contribution in [0.15, 0.2) is 30.3 Å². The number of tetrazole rings is 1. The first kappa shape index (κ1) is 17.5. The van der Waals surface area contributed by atoms with E-state index in [4.69, 9.17) is 0 Å². The van der Waals surface area contributed by atoms with Crippen molar-refractivity contribution in [2.24, 2.45) is 0 Å². The van der Waals surface area contributed by atoms with Crippen LogP contribution in [0, 0.1) is 0 Å². The SMILES string of the molecule is CCCN(C(=O)Cn1nnc(-c2ccccc2)n1)C1CCS(=O)(=O)C1. The van der Waals surface area contributed by atoms with Gasteiger partial charge in [0.1, 0.15) is 6.54 Å². The molecule has 0 N–H and O–H groups in total. The molecule has 1 aliphatic heterocycles. The predicted molar refractivity (Wildman–Crippen MR) is 92.3 cm³/mol. The number of rotatable bonds is 6. The maximum Gasteiger partial charge on any atom is 0.246 e. The number of aromatic nitrogens is 4. The zero-order valence-corrected chi connectivity index (χ0v) is 14.9. The first-order chi connectivity index (χ1) is 12.0. The van der Waals surface area contributed by atoms with Crippen molar-refractivity contribution in [3.63, 3.8) is 0 Å². The molecule has 8 nitrogen and oxygen atoms in total. The van der Waals surface area contributed by atoms with Crippen LogP contribution in [0.4, 0.5) is 0 Å². The molecule has 1 aliphatic rings. The summed E-state index contributed by atoms with van der Waals surface area (Å²) in [6, 6.07) is 9.14. The average molecular weight is 363 g/mol. The maximum absolute atomic E-state index is 12.6. The second-order valence-electron chi connectivity index (χ2n) is 6.15. The summed E-state index contributed by atoms with van der Waals surface area (Å²) in [6.45, 7) is 2.45. The molecule has 1 atom stereocenters. The van der Waals surface area contributed by atoms with Gasteiger partial charge in [-0.25, -0.2) is 8.42 Å². The summed E-state index contributed by atoms with van der Waals surface area (Å²) < 4.78 is 23.4. The average Bonchev–Trinajstić information content (AvgIpc) is 3.19. The van der Waals surface area contributed by atoms with Crippen LogP contribution >= 0.6 is 0 Å². The van der Waals surface area contributed by atoms with Gasteiger partial charge in [0.2, 0.25) is 11.7 Å². The molecular weight excluding hydrogens is 342 g/mol. The lowest BCUT2D eigenvalue weighted by molar-refractivity contribution is -0.134. The number of hydrogen-bond acceptors (Lipinski definition) is 6. The lowest BCUT2D eigenvalue weighted by Crippen LogP contribution is -2.43. The molecule has 2 aromatic rings. The van der Waals surface area contributed by atoms with E-state index in [0.717, 1.165) is 12.0 Å². The monoisotopic (exact) mass is 363 g/mol. The fourth-order valence-corrected chi connectivity index (χ4v) is 4.73. The quantitative estimate of drug-likeness (QED) is 0.752. The van der Waals surface area contributed by atoms with Crippen LogP contribution in [-0.4, -0.2) is 63.5 Å². The van der Waals surface area contributed by atoms with E-state index < -0.39 is 9.84 Å². The summed E-state index contributed by atoms with van der Waals surface area (Å²) in [7, 11) is -3.04. The molecule has 0 radical (unpaired) electrons. The third kappa shape index (κ3) is 4.22. The molecule has 3 rings (SSSR count). The van der Waals surface area contributed by atoms with E-state index >= 15 is 0 Å². The van der Waals surface area contributed by atoms with Gasteiger partial charge in [0.25, 0.3) is 0 Å². The van der Waals surface area contributed by atoms with Gasteiger partial charge in [0.05, 0.1) is 11.5 Å². The van der Waals surface area contributed by atoms with Crippen molar-refractivity contribution in [2.75, 3.05) is 18.1 Å². The minimum atomic E-state index is -3.04. The van der Waals surface area contributed by atoms with Crippen molar-refractivity contribution < 1.29 is 13.2 Å². The van der Waals surface area contributed by atoms with Crippen molar-refractivity contribution in [2.45, 2.75) is 32.4 Å². The van der Waals surface area contributed by atoms with Gasteiger partial charge >= 0.3 is 0 Å². The minimum Gasteiger partial charge on any atom is -0.337 e. The van der Waals surface area contributed by atoms with Gasteiger partial charge in [-0.2, -0.15) is 4.80 Å². The molecular formula is C16H21N5O3S. The Morgan fingerprint density at radius 3 is 2.72 bits per heavy atom. The summed E-state index contributed by atoms with van der Waals surface area (Å²) in [6.07, 6.45) is 1.26. The van der Waals surface area contributed by atoms with Crippen LogP contribution in [0.2, 0.25) is 0 Å². The highest BCUT2D eigenvalue weighted by Crippen LogP contribution is 2.19. The summed E-state index contributed by atoms with van der Waals surface area (Å²) in [5, 5.41) is 12.2. The standard InChI is InChI=1S/C16H21N5O3S/c1-2-9-20(14-8-10-25(23,24)12-14)15(22)11-21-18-16(17-19-21)13-6-4-3-5-7-13/h3-7,14H,2,8-12H2,1H3. The molecule has 1 aromatic heterocycles. The third-order valence-corrected chi connectivity index (χ3v) is 5.95. The Balaban J connectivity index is 1.70. The fraction of sp³-hybridized carbons (Fsp3) is 0.500. The van der Waals surface area contributed by atoms with E-state index in [1.807, 2.05) is 37.3 Å². The van der Waals surface area contributed by atoms with Crippen LogP contribution in [-0.2, 0) is 21.2 Å². The first-order valence-electron chi connectivity index (χ1n) is 8.31. The first-order valence-corrected chi connectivity index (χ1v) is 10.1. The Bertz CT molecular complexity index is 834. The largest absolute Gasteiger partial charge is 0.337 e. The normalized spacial score (nSPS) is 19.0. The number of sulfone groups is 1. The second-order valence-corrected chi connectivity index (χ2v) is 8.38. The smallest absolute Gasteiger partial charge is 0.246 e. The van der Waals surface area contributed by atoms with Crippen LogP contribution in [0.1, 0.15) is 19.8 Å². The molecule has 9 heteroatoms. The molecule has 0 spiro atoms. The van der Waals surface area contributed by atoms with Crippen molar-refractivity contribution >= 4 is 15.7 Å². The van der Waals surface area contributed by atoms with Gasteiger partial charge in [-0.05, 0) is 18.1 Å². The molecule has 25 heavy (non-hydrogen) atoms. The molecule has 2 heterocycles. The van der Waals surface area contributed by atoms with Crippen LogP contribution in [0.5, 0.6) is 0 Å². The lowest BCUT2D eigenvalue weighted by atomic mass is 10.2. The van der Waals surface area contributed by atoms with Gasteiger partial charge in [0.15, 0.2) is 9.84 Å². The summed E-state index contributed by atoms with van der Waals surface area (Å²) >= 11 is 0. The summed E-state index contributed by atoms with van der Waals surface area (Å²) in [4.78, 5) is 15.6. The van der Waals surface area contributed by atoms with Crippen molar-refractivity contribution in [1.29, 1.82) is 0 Å². The van der Waals surface area contributed by atoms with Crippen molar-refractivity contribution in [3.05, 3.63) is 30.3 Å². The highest BCUT2D eigenvalue weighted by atomic mass is 32.2. The molecule has 1 unspecified atom stereocenters. The van der Waals surface area contributed by atoms with E-state index in [1.165, 1.54) is 4.80 Å². The predicted octanol–water partition coefficient (Wildman–Crippen LogP) is 0.766. The topological polar surface area (TPSA) is 98.1 Å². The zero-order chi connectivity index (χ0) is 17.9. The molecule has 0 aliphatic carbocycles. The van der Waals surface area contributed by atoms with Crippen LogP contribution in [0.25, 0.3) is 11.4 Å². The van der Waals surface area contributed by atoms with E-state index in [1.54, 1.807) is 4.90 Å². The Labute approximate surface area is 146 Å². The molecule has 1 fully saturated rings. The Morgan fingerprint density at radius 1 is 1.32 bits per heavy atom. The van der Waals surface area contributed by atoms with Crippen LogP contribution in [0.3, 0.4) is 0 Å². The molecule has 1 saturated heterocycles. The number of hydrogen-bond donors (Lipinski definition) is 0. The number of carbonyl (C=O) groups is 1. The summed E-state index contributed by atoms with van der Waals surface area (Å²) in [5.74, 6) is 0.462. The van der Waals surface area contributed by atoms with Gasteiger partial charge < -0.3 is 4.90 Å². The summed E-state index contributed by atoms with van der Waals surface area (Å²) in [5.41, 5.74) is 0.827. The third-order valence-electron chi connectivity index (χ3n) is 4.20. The van der Waals surface area contributed by atoms with Crippen LogP contribution < -0.4 is 0 Å². The van der Waals surface area contributed by atoms with Gasteiger partial charge in [0, 0.05) is 18.2 Å². The van der Waals surface area contributed by atoms with E-state index in [0.29, 0.717) is 18.8 Å². The molecule has 0 saturated carbocycles. The lowest BCUT2D eigenvalue weighted by Gasteiger charge is -2.27. The Kier molecular flexibility index (Phi) is 5.12.